The highest BCUT2D eigenvalue weighted by Gasteiger charge is 2.21. The van der Waals surface area contributed by atoms with E-state index in [0.717, 1.165) is 44.8 Å². The summed E-state index contributed by atoms with van der Waals surface area (Å²) in [7, 11) is 0. The number of aromatic nitrogens is 2. The Kier molecular flexibility index (Phi) is 4.60. The molecule has 0 bridgehead atoms. The molecule has 0 amide bonds. The van der Waals surface area contributed by atoms with Crippen LogP contribution in [0.1, 0.15) is 26.2 Å². The van der Waals surface area contributed by atoms with Crippen LogP contribution in [0.2, 0.25) is 5.15 Å². The average Bonchev–Trinajstić information content (AvgIpc) is 2.35. The molecule has 2 rings (SSSR count). The Morgan fingerprint density at radius 1 is 1.56 bits per heavy atom. The highest BCUT2D eigenvalue weighted by molar-refractivity contribution is 6.29. The molecule has 1 saturated heterocycles. The minimum Gasteiger partial charge on any atom is -0.376 e. The van der Waals surface area contributed by atoms with Gasteiger partial charge < -0.3 is 15.4 Å². The van der Waals surface area contributed by atoms with Crippen LogP contribution < -0.4 is 10.6 Å². The molecular weight excluding hydrogens is 252 g/mol. The van der Waals surface area contributed by atoms with Gasteiger partial charge in [-0.05, 0) is 19.3 Å². The van der Waals surface area contributed by atoms with Gasteiger partial charge in [0.2, 0.25) is 5.95 Å². The standard InChI is InChI=1S/C12H19ClN4O/c1-2-6-18-9-4-3-5-17(8-9)11-7-10(13)15-12(14)16-11/h7,9H,2-6,8H2,1H3,(H2,14,15,16). The fourth-order valence-corrected chi connectivity index (χ4v) is 2.34. The Hall–Kier alpha value is -1.07. The zero-order valence-electron chi connectivity index (χ0n) is 10.6. The summed E-state index contributed by atoms with van der Waals surface area (Å²) < 4.78 is 5.80. The molecule has 1 atom stereocenters. The van der Waals surface area contributed by atoms with Crippen molar-refractivity contribution in [3.8, 4) is 0 Å². The molecule has 1 aliphatic heterocycles. The van der Waals surface area contributed by atoms with E-state index in [1.54, 1.807) is 6.07 Å². The second-order valence-corrected chi connectivity index (χ2v) is 4.88. The van der Waals surface area contributed by atoms with Gasteiger partial charge >= 0.3 is 0 Å². The predicted octanol–water partition coefficient (Wildman–Crippen LogP) is 2.11. The van der Waals surface area contributed by atoms with E-state index in [0.29, 0.717) is 5.15 Å². The van der Waals surface area contributed by atoms with E-state index in [2.05, 4.69) is 21.8 Å². The lowest BCUT2D eigenvalue weighted by atomic mass is 10.1. The van der Waals surface area contributed by atoms with Crippen molar-refractivity contribution in [3.63, 3.8) is 0 Å². The molecule has 0 aliphatic carbocycles. The maximum atomic E-state index is 5.90. The molecule has 6 heteroatoms. The Bertz CT molecular complexity index is 381. The highest BCUT2D eigenvalue weighted by Crippen LogP contribution is 2.22. The summed E-state index contributed by atoms with van der Waals surface area (Å²) in [6.45, 7) is 4.72. The minimum atomic E-state index is 0.217. The molecule has 1 unspecified atom stereocenters. The van der Waals surface area contributed by atoms with E-state index in [1.807, 2.05) is 0 Å². The monoisotopic (exact) mass is 270 g/mol. The lowest BCUT2D eigenvalue weighted by molar-refractivity contribution is 0.0439. The number of hydrogen-bond acceptors (Lipinski definition) is 5. The SMILES string of the molecule is CCCOC1CCCN(c2cc(Cl)nc(N)n2)C1. The highest BCUT2D eigenvalue weighted by atomic mass is 35.5. The number of anilines is 2. The third-order valence-corrected chi connectivity index (χ3v) is 3.15. The number of nitrogen functional groups attached to an aromatic ring is 1. The summed E-state index contributed by atoms with van der Waals surface area (Å²) in [4.78, 5) is 10.3. The number of halogens is 1. The number of nitrogens with two attached hydrogens (primary N) is 1. The Balaban J connectivity index is 2.03. The zero-order valence-corrected chi connectivity index (χ0v) is 11.4. The van der Waals surface area contributed by atoms with Crippen LogP contribution in [-0.4, -0.2) is 35.8 Å². The van der Waals surface area contributed by atoms with Gasteiger partial charge in [0, 0.05) is 25.8 Å². The van der Waals surface area contributed by atoms with Crippen molar-refractivity contribution < 1.29 is 4.74 Å². The van der Waals surface area contributed by atoms with Crippen molar-refractivity contribution in [1.82, 2.24) is 9.97 Å². The molecule has 18 heavy (non-hydrogen) atoms. The molecule has 5 nitrogen and oxygen atoms in total. The largest absolute Gasteiger partial charge is 0.376 e. The third-order valence-electron chi connectivity index (χ3n) is 2.96. The lowest BCUT2D eigenvalue weighted by Gasteiger charge is -2.33. The van der Waals surface area contributed by atoms with E-state index in [-0.39, 0.29) is 12.1 Å². The maximum Gasteiger partial charge on any atom is 0.223 e. The lowest BCUT2D eigenvalue weighted by Crippen LogP contribution is -2.40. The molecule has 2 heterocycles. The summed E-state index contributed by atoms with van der Waals surface area (Å²) in [5.41, 5.74) is 5.62. The van der Waals surface area contributed by atoms with Gasteiger partial charge in [0.1, 0.15) is 11.0 Å². The van der Waals surface area contributed by atoms with Crippen LogP contribution in [0.15, 0.2) is 6.07 Å². The van der Waals surface area contributed by atoms with Gasteiger partial charge in [-0.15, -0.1) is 0 Å². The van der Waals surface area contributed by atoms with Crippen LogP contribution in [0, 0.1) is 0 Å². The van der Waals surface area contributed by atoms with E-state index < -0.39 is 0 Å². The summed E-state index contributed by atoms with van der Waals surface area (Å²) in [5, 5.41) is 0.383. The molecular formula is C12H19ClN4O. The fraction of sp³-hybridized carbons (Fsp3) is 0.667. The minimum absolute atomic E-state index is 0.217. The van der Waals surface area contributed by atoms with Crippen LogP contribution in [0.5, 0.6) is 0 Å². The summed E-state index contributed by atoms with van der Waals surface area (Å²) in [5.74, 6) is 1.01. The first-order chi connectivity index (χ1) is 8.69. The van der Waals surface area contributed by atoms with Crippen molar-refractivity contribution in [2.24, 2.45) is 0 Å². The van der Waals surface area contributed by atoms with Crippen LogP contribution in [-0.2, 0) is 4.74 Å². The van der Waals surface area contributed by atoms with Gasteiger partial charge in [-0.2, -0.15) is 4.98 Å². The predicted molar refractivity (Wildman–Crippen MR) is 72.9 cm³/mol. The third kappa shape index (κ3) is 3.46. The number of hydrogen-bond donors (Lipinski definition) is 1. The second kappa shape index (κ2) is 6.20. The van der Waals surface area contributed by atoms with Crippen LogP contribution in [0.4, 0.5) is 11.8 Å². The van der Waals surface area contributed by atoms with Crippen molar-refractivity contribution >= 4 is 23.4 Å². The molecule has 1 fully saturated rings. The zero-order chi connectivity index (χ0) is 13.0. The van der Waals surface area contributed by atoms with Gasteiger partial charge in [0.05, 0.1) is 6.10 Å². The molecule has 0 aromatic carbocycles. The molecule has 100 valence electrons. The van der Waals surface area contributed by atoms with Crippen molar-refractivity contribution in [2.75, 3.05) is 30.3 Å². The normalized spacial score (nSPS) is 20.1. The van der Waals surface area contributed by atoms with E-state index in [4.69, 9.17) is 22.1 Å². The van der Waals surface area contributed by atoms with Gasteiger partial charge in [0.15, 0.2) is 0 Å². The van der Waals surface area contributed by atoms with Gasteiger partial charge in [0.25, 0.3) is 0 Å². The van der Waals surface area contributed by atoms with E-state index >= 15 is 0 Å². The topological polar surface area (TPSA) is 64.3 Å². The summed E-state index contributed by atoms with van der Waals surface area (Å²) in [6, 6.07) is 1.75. The Morgan fingerprint density at radius 3 is 3.11 bits per heavy atom. The summed E-state index contributed by atoms with van der Waals surface area (Å²) >= 11 is 5.90. The molecule has 1 aliphatic rings. The first kappa shape index (κ1) is 13.4. The molecule has 2 N–H and O–H groups in total. The number of rotatable bonds is 4. The molecule has 0 saturated carbocycles. The first-order valence-electron chi connectivity index (χ1n) is 6.35. The quantitative estimate of drug-likeness (QED) is 0.849. The number of ether oxygens (including phenoxy) is 1. The summed E-state index contributed by atoms with van der Waals surface area (Å²) in [6.07, 6.45) is 3.51. The van der Waals surface area contributed by atoms with Gasteiger partial charge in [-0.3, -0.25) is 0 Å². The van der Waals surface area contributed by atoms with Crippen molar-refractivity contribution in [3.05, 3.63) is 11.2 Å². The average molecular weight is 271 g/mol. The molecule has 1 aromatic heterocycles. The van der Waals surface area contributed by atoms with Crippen LogP contribution in [0.3, 0.4) is 0 Å². The number of piperidine rings is 1. The van der Waals surface area contributed by atoms with Crippen LogP contribution >= 0.6 is 11.6 Å². The van der Waals surface area contributed by atoms with Crippen LogP contribution in [0.25, 0.3) is 0 Å². The molecule has 1 aromatic rings. The smallest absolute Gasteiger partial charge is 0.223 e. The fourth-order valence-electron chi connectivity index (χ4n) is 2.15. The van der Waals surface area contributed by atoms with Gasteiger partial charge in [-0.1, -0.05) is 18.5 Å². The number of nitrogens with zero attached hydrogens (tertiary/aromatic N) is 3. The maximum absolute atomic E-state index is 5.90. The molecule has 0 radical (unpaired) electrons. The van der Waals surface area contributed by atoms with E-state index in [1.165, 1.54) is 0 Å². The second-order valence-electron chi connectivity index (χ2n) is 4.49. The van der Waals surface area contributed by atoms with Gasteiger partial charge in [-0.25, -0.2) is 4.98 Å². The van der Waals surface area contributed by atoms with Crippen molar-refractivity contribution in [2.45, 2.75) is 32.3 Å². The van der Waals surface area contributed by atoms with E-state index in [9.17, 15) is 0 Å². The van der Waals surface area contributed by atoms with Crippen molar-refractivity contribution in [1.29, 1.82) is 0 Å². The molecule has 0 spiro atoms. The Labute approximate surface area is 112 Å². The Morgan fingerprint density at radius 2 is 2.39 bits per heavy atom. The first-order valence-corrected chi connectivity index (χ1v) is 6.73.